The highest BCUT2D eigenvalue weighted by molar-refractivity contribution is 5.82. The summed E-state index contributed by atoms with van der Waals surface area (Å²) >= 11 is 0. The smallest absolute Gasteiger partial charge is 0.227 e. The quantitative estimate of drug-likeness (QED) is 0.706. The van der Waals surface area contributed by atoms with Crippen molar-refractivity contribution in [2.45, 2.75) is 25.3 Å². The van der Waals surface area contributed by atoms with Gasteiger partial charge in [0.1, 0.15) is 11.6 Å². The number of pyridine rings is 1. The lowest BCUT2D eigenvalue weighted by atomic mass is 10.0. The second kappa shape index (κ2) is 8.83. The predicted molar refractivity (Wildman–Crippen MR) is 116 cm³/mol. The maximum absolute atomic E-state index is 12.7. The van der Waals surface area contributed by atoms with Crippen LogP contribution in [-0.4, -0.2) is 42.0 Å². The molecule has 4 rings (SSSR count). The van der Waals surface area contributed by atoms with Gasteiger partial charge in [0.25, 0.3) is 0 Å². The van der Waals surface area contributed by atoms with E-state index in [4.69, 9.17) is 10.00 Å². The summed E-state index contributed by atoms with van der Waals surface area (Å²) in [6, 6.07) is 19.5. The Kier molecular flexibility index (Phi) is 5.80. The second-order valence-electron chi connectivity index (χ2n) is 7.50. The summed E-state index contributed by atoms with van der Waals surface area (Å²) in [5, 5.41) is 13.5. The third-order valence-corrected chi connectivity index (χ3v) is 5.55. The van der Waals surface area contributed by atoms with Gasteiger partial charge in [0.05, 0.1) is 30.7 Å². The number of rotatable bonds is 5. The van der Waals surface area contributed by atoms with Gasteiger partial charge in [0.2, 0.25) is 5.91 Å². The number of nitriles is 1. The molecule has 1 amide bonds. The van der Waals surface area contributed by atoms with Gasteiger partial charge in [0, 0.05) is 30.1 Å². The van der Waals surface area contributed by atoms with Crippen LogP contribution in [0, 0.1) is 11.3 Å². The first-order chi connectivity index (χ1) is 14.7. The fourth-order valence-corrected chi connectivity index (χ4v) is 3.88. The number of carbonyl (C=O) groups excluding carboxylic acids is 1. The molecule has 152 valence electrons. The number of benzene rings is 2. The van der Waals surface area contributed by atoms with E-state index < -0.39 is 0 Å². The second-order valence-corrected chi connectivity index (χ2v) is 7.50. The first kappa shape index (κ1) is 19.7. The standard InChI is InChI=1S/C24H24N4O2/c1-30-22-5-3-2-4-19(22)15-24(29)28-12-10-20(11-13-28)26-23-9-7-18-14-17(16-25)6-8-21(18)27-23/h2-9,14,20H,10-13,15H2,1H3,(H,26,27). The number of nitrogens with one attached hydrogen (secondary N) is 1. The molecule has 30 heavy (non-hydrogen) atoms. The zero-order chi connectivity index (χ0) is 20.9. The molecule has 6 heteroatoms. The molecule has 0 atom stereocenters. The minimum atomic E-state index is 0.134. The molecule has 1 aromatic heterocycles. The van der Waals surface area contributed by atoms with Gasteiger partial charge in [-0.15, -0.1) is 0 Å². The fourth-order valence-electron chi connectivity index (χ4n) is 3.88. The predicted octanol–water partition coefficient (Wildman–Crippen LogP) is 3.76. The van der Waals surface area contributed by atoms with Crippen LogP contribution in [-0.2, 0) is 11.2 Å². The highest BCUT2D eigenvalue weighted by atomic mass is 16.5. The molecule has 0 aliphatic carbocycles. The van der Waals surface area contributed by atoms with E-state index in [0.29, 0.717) is 12.0 Å². The Morgan fingerprint density at radius 3 is 2.77 bits per heavy atom. The molecular formula is C24H24N4O2. The van der Waals surface area contributed by atoms with Gasteiger partial charge in [-0.1, -0.05) is 18.2 Å². The summed E-state index contributed by atoms with van der Waals surface area (Å²) in [4.78, 5) is 19.3. The SMILES string of the molecule is COc1ccccc1CC(=O)N1CCC(Nc2ccc3cc(C#N)ccc3n2)CC1. The largest absolute Gasteiger partial charge is 0.496 e. The summed E-state index contributed by atoms with van der Waals surface area (Å²) in [6.45, 7) is 1.45. The van der Waals surface area contributed by atoms with Crippen LogP contribution in [0.15, 0.2) is 54.6 Å². The van der Waals surface area contributed by atoms with Crippen LogP contribution in [0.3, 0.4) is 0 Å². The van der Waals surface area contributed by atoms with Gasteiger partial charge in [-0.3, -0.25) is 4.79 Å². The number of likely N-dealkylation sites (tertiary alicyclic amines) is 1. The number of hydrogen-bond acceptors (Lipinski definition) is 5. The van der Waals surface area contributed by atoms with Gasteiger partial charge in [-0.05, 0) is 49.2 Å². The fraction of sp³-hybridized carbons (Fsp3) is 0.292. The number of para-hydroxylation sites is 1. The molecule has 1 saturated heterocycles. The number of aromatic nitrogens is 1. The number of methoxy groups -OCH3 is 1. The first-order valence-electron chi connectivity index (χ1n) is 10.1. The van der Waals surface area contributed by atoms with Crippen LogP contribution in [0.5, 0.6) is 5.75 Å². The van der Waals surface area contributed by atoms with Crippen LogP contribution in [0.2, 0.25) is 0 Å². The van der Waals surface area contributed by atoms with E-state index in [0.717, 1.165) is 54.0 Å². The third kappa shape index (κ3) is 4.36. The number of hydrogen-bond donors (Lipinski definition) is 1. The van der Waals surface area contributed by atoms with Gasteiger partial charge in [0.15, 0.2) is 0 Å². The van der Waals surface area contributed by atoms with Crippen molar-refractivity contribution < 1.29 is 9.53 Å². The van der Waals surface area contributed by atoms with E-state index in [1.165, 1.54) is 0 Å². The zero-order valence-electron chi connectivity index (χ0n) is 17.0. The Bertz CT molecular complexity index is 1100. The molecule has 0 spiro atoms. The molecule has 0 bridgehead atoms. The summed E-state index contributed by atoms with van der Waals surface area (Å²) in [6.07, 6.45) is 2.12. The zero-order valence-corrected chi connectivity index (χ0v) is 17.0. The molecule has 1 aliphatic heterocycles. The Labute approximate surface area is 176 Å². The summed E-state index contributed by atoms with van der Waals surface area (Å²) < 4.78 is 5.36. The van der Waals surface area contributed by atoms with Crippen LogP contribution < -0.4 is 10.1 Å². The van der Waals surface area contributed by atoms with Crippen LogP contribution in [0.1, 0.15) is 24.0 Å². The van der Waals surface area contributed by atoms with Crippen molar-refractivity contribution in [1.82, 2.24) is 9.88 Å². The first-order valence-corrected chi connectivity index (χ1v) is 10.1. The van der Waals surface area contributed by atoms with Crippen LogP contribution in [0.4, 0.5) is 5.82 Å². The highest BCUT2D eigenvalue weighted by Crippen LogP contribution is 2.22. The van der Waals surface area contributed by atoms with Crippen molar-refractivity contribution in [3.05, 3.63) is 65.7 Å². The molecule has 1 N–H and O–H groups in total. The topological polar surface area (TPSA) is 78.2 Å². The lowest BCUT2D eigenvalue weighted by molar-refractivity contribution is -0.131. The molecular weight excluding hydrogens is 376 g/mol. The van der Waals surface area contributed by atoms with E-state index in [1.807, 2.05) is 53.4 Å². The number of nitrogens with zero attached hydrogens (tertiary/aromatic N) is 3. The lowest BCUT2D eigenvalue weighted by Gasteiger charge is -2.33. The van der Waals surface area contributed by atoms with E-state index >= 15 is 0 Å². The number of ether oxygens (including phenoxy) is 1. The molecule has 1 fully saturated rings. The summed E-state index contributed by atoms with van der Waals surface area (Å²) in [5.41, 5.74) is 2.42. The Hall–Kier alpha value is -3.59. The van der Waals surface area contributed by atoms with Crippen LogP contribution >= 0.6 is 0 Å². The van der Waals surface area contributed by atoms with Crippen molar-refractivity contribution in [1.29, 1.82) is 5.26 Å². The van der Waals surface area contributed by atoms with E-state index in [1.54, 1.807) is 13.2 Å². The third-order valence-electron chi connectivity index (χ3n) is 5.55. The molecule has 0 unspecified atom stereocenters. The molecule has 2 heterocycles. The Balaban J connectivity index is 1.34. The van der Waals surface area contributed by atoms with Gasteiger partial charge >= 0.3 is 0 Å². The molecule has 0 saturated carbocycles. The number of carbonyl (C=O) groups is 1. The van der Waals surface area contributed by atoms with E-state index in [9.17, 15) is 4.79 Å². The minimum Gasteiger partial charge on any atom is -0.496 e. The van der Waals surface area contributed by atoms with E-state index in [-0.39, 0.29) is 11.9 Å². The summed E-state index contributed by atoms with van der Waals surface area (Å²) in [5.74, 6) is 1.72. The number of piperidine rings is 1. The van der Waals surface area contributed by atoms with Gasteiger partial charge in [-0.25, -0.2) is 4.98 Å². The van der Waals surface area contributed by atoms with Crippen molar-refractivity contribution in [2.75, 3.05) is 25.5 Å². The van der Waals surface area contributed by atoms with Crippen molar-refractivity contribution >= 4 is 22.6 Å². The monoisotopic (exact) mass is 400 g/mol. The molecule has 1 aliphatic rings. The van der Waals surface area contributed by atoms with Gasteiger partial charge < -0.3 is 15.0 Å². The average molecular weight is 400 g/mol. The average Bonchev–Trinajstić information content (AvgIpc) is 2.79. The molecule has 3 aromatic rings. The number of anilines is 1. The Morgan fingerprint density at radius 2 is 2.00 bits per heavy atom. The minimum absolute atomic E-state index is 0.134. The van der Waals surface area contributed by atoms with Crippen molar-refractivity contribution in [2.24, 2.45) is 0 Å². The highest BCUT2D eigenvalue weighted by Gasteiger charge is 2.23. The normalized spacial score (nSPS) is 14.3. The molecule has 6 nitrogen and oxygen atoms in total. The number of fused-ring (bicyclic) bond motifs is 1. The molecule has 2 aromatic carbocycles. The Morgan fingerprint density at radius 1 is 1.20 bits per heavy atom. The number of amides is 1. The van der Waals surface area contributed by atoms with Crippen LogP contribution in [0.25, 0.3) is 10.9 Å². The summed E-state index contributed by atoms with van der Waals surface area (Å²) in [7, 11) is 1.63. The van der Waals surface area contributed by atoms with Gasteiger partial charge in [-0.2, -0.15) is 5.26 Å². The lowest BCUT2D eigenvalue weighted by Crippen LogP contribution is -2.43. The van der Waals surface area contributed by atoms with Crippen molar-refractivity contribution in [3.63, 3.8) is 0 Å². The molecule has 0 radical (unpaired) electrons. The van der Waals surface area contributed by atoms with Crippen molar-refractivity contribution in [3.8, 4) is 11.8 Å². The maximum atomic E-state index is 12.7. The van der Waals surface area contributed by atoms with E-state index in [2.05, 4.69) is 16.4 Å². The maximum Gasteiger partial charge on any atom is 0.227 e.